The van der Waals surface area contributed by atoms with Gasteiger partial charge in [0.25, 0.3) is 0 Å². The molecule has 5 nitrogen and oxygen atoms in total. The molecule has 5 rings (SSSR count). The normalized spacial score (nSPS) is 16.7. The summed E-state index contributed by atoms with van der Waals surface area (Å²) in [6, 6.07) is 24.6. The van der Waals surface area contributed by atoms with Crippen molar-refractivity contribution in [3.8, 4) is 5.69 Å². The number of nitrogens with one attached hydrogen (secondary N) is 1. The number of aryl methyl sites for hydroxylation is 1. The number of hydrogen-bond donors (Lipinski definition) is 1. The van der Waals surface area contributed by atoms with E-state index in [0.717, 1.165) is 58.6 Å². The van der Waals surface area contributed by atoms with Crippen molar-refractivity contribution in [2.45, 2.75) is 26.3 Å². The summed E-state index contributed by atoms with van der Waals surface area (Å²) < 4.78 is 3.29. The number of nitrogens with zero attached hydrogens (tertiary/aromatic N) is 3. The molecule has 1 saturated heterocycles. The molecule has 0 saturated carbocycles. The molecule has 4 aromatic rings. The Morgan fingerprint density at radius 1 is 1.06 bits per heavy atom. The fourth-order valence-electron chi connectivity index (χ4n) is 4.55. The summed E-state index contributed by atoms with van der Waals surface area (Å²) in [7, 11) is 0. The van der Waals surface area contributed by atoms with E-state index < -0.39 is 0 Å². The van der Waals surface area contributed by atoms with Crippen molar-refractivity contribution in [2.24, 2.45) is 5.92 Å². The molecule has 168 valence electrons. The summed E-state index contributed by atoms with van der Waals surface area (Å²) >= 11 is 3.53. The molecule has 1 aliphatic rings. The molecule has 2 heterocycles. The molecule has 1 atom stereocenters. The molecule has 1 fully saturated rings. The van der Waals surface area contributed by atoms with Gasteiger partial charge >= 0.3 is 0 Å². The van der Waals surface area contributed by atoms with Crippen LogP contribution < -0.4 is 5.32 Å². The van der Waals surface area contributed by atoms with E-state index in [9.17, 15) is 4.79 Å². The molecule has 3 aromatic carbocycles. The molecule has 6 heteroatoms. The van der Waals surface area contributed by atoms with E-state index in [1.54, 1.807) is 0 Å². The monoisotopic (exact) mass is 502 g/mol. The van der Waals surface area contributed by atoms with Gasteiger partial charge in [-0.05, 0) is 74.8 Å². The summed E-state index contributed by atoms with van der Waals surface area (Å²) in [6.45, 7) is 4.46. The molecule has 0 aliphatic carbocycles. The van der Waals surface area contributed by atoms with Crippen LogP contribution in [0.2, 0.25) is 0 Å². The van der Waals surface area contributed by atoms with Gasteiger partial charge < -0.3 is 5.32 Å². The smallest absolute Gasteiger partial charge is 0.228 e. The van der Waals surface area contributed by atoms with Gasteiger partial charge in [0, 0.05) is 22.4 Å². The number of amides is 1. The van der Waals surface area contributed by atoms with E-state index in [-0.39, 0.29) is 11.8 Å². The van der Waals surface area contributed by atoms with Gasteiger partial charge in [0.1, 0.15) is 5.82 Å². The Bertz CT molecular complexity index is 1260. The predicted octanol–water partition coefficient (Wildman–Crippen LogP) is 5.95. The molecule has 0 radical (unpaired) electrons. The second kappa shape index (κ2) is 9.49. The number of hydrogen-bond acceptors (Lipinski definition) is 3. The number of rotatable bonds is 5. The highest BCUT2D eigenvalue weighted by Gasteiger charge is 2.27. The van der Waals surface area contributed by atoms with Gasteiger partial charge in [0.2, 0.25) is 5.91 Å². The number of carbonyl (C=O) groups excluding carboxylic acids is 1. The lowest BCUT2D eigenvalue weighted by atomic mass is 9.97. The Labute approximate surface area is 202 Å². The predicted molar refractivity (Wildman–Crippen MR) is 137 cm³/mol. The quantitative estimate of drug-likeness (QED) is 0.366. The van der Waals surface area contributed by atoms with E-state index in [2.05, 4.69) is 73.2 Å². The van der Waals surface area contributed by atoms with Crippen molar-refractivity contribution in [2.75, 3.05) is 18.4 Å². The summed E-state index contributed by atoms with van der Waals surface area (Å²) in [5, 5.41) is 3.10. The van der Waals surface area contributed by atoms with Gasteiger partial charge in [0.05, 0.1) is 23.5 Å². The number of anilines is 1. The Balaban J connectivity index is 1.36. The number of para-hydroxylation sites is 2. The lowest BCUT2D eigenvalue weighted by Crippen LogP contribution is -2.40. The maximum Gasteiger partial charge on any atom is 0.228 e. The average Bonchev–Trinajstić information content (AvgIpc) is 3.19. The minimum atomic E-state index is -0.0226. The maximum atomic E-state index is 12.9. The van der Waals surface area contributed by atoms with E-state index in [1.165, 1.54) is 5.56 Å². The molecule has 1 aromatic heterocycles. The number of piperidine rings is 1. The topological polar surface area (TPSA) is 50.2 Å². The Kier molecular flexibility index (Phi) is 6.29. The lowest BCUT2D eigenvalue weighted by Gasteiger charge is -2.31. The highest BCUT2D eigenvalue weighted by Crippen LogP contribution is 2.26. The first-order chi connectivity index (χ1) is 16.1. The molecule has 33 heavy (non-hydrogen) atoms. The van der Waals surface area contributed by atoms with Crippen LogP contribution in [0.15, 0.2) is 77.3 Å². The Morgan fingerprint density at radius 2 is 1.82 bits per heavy atom. The number of halogens is 1. The van der Waals surface area contributed by atoms with Crippen LogP contribution in [0.4, 0.5) is 5.69 Å². The van der Waals surface area contributed by atoms with E-state index in [4.69, 9.17) is 4.98 Å². The summed E-state index contributed by atoms with van der Waals surface area (Å²) in [5.74, 6) is 1.08. The highest BCUT2D eigenvalue weighted by molar-refractivity contribution is 9.10. The molecular formula is C27H27BrN4O. The van der Waals surface area contributed by atoms with Crippen LogP contribution in [0.25, 0.3) is 16.7 Å². The first kappa shape index (κ1) is 21.9. The largest absolute Gasteiger partial charge is 0.326 e. The van der Waals surface area contributed by atoms with Gasteiger partial charge in [-0.25, -0.2) is 4.98 Å². The third-order valence-electron chi connectivity index (χ3n) is 6.28. The van der Waals surface area contributed by atoms with Gasteiger partial charge in [-0.1, -0.05) is 45.8 Å². The van der Waals surface area contributed by atoms with Crippen molar-refractivity contribution in [3.05, 3.63) is 88.7 Å². The van der Waals surface area contributed by atoms with Crippen LogP contribution in [0.1, 0.15) is 24.2 Å². The Morgan fingerprint density at radius 3 is 2.61 bits per heavy atom. The zero-order chi connectivity index (χ0) is 22.8. The molecule has 1 amide bonds. The zero-order valence-corrected chi connectivity index (χ0v) is 20.3. The molecule has 0 bridgehead atoms. The van der Waals surface area contributed by atoms with Crippen LogP contribution in [0.3, 0.4) is 0 Å². The van der Waals surface area contributed by atoms with E-state index >= 15 is 0 Å². The number of benzene rings is 3. The molecular weight excluding hydrogens is 476 g/mol. The van der Waals surface area contributed by atoms with Crippen molar-refractivity contribution in [3.63, 3.8) is 0 Å². The fraction of sp³-hybridized carbons (Fsp3) is 0.259. The van der Waals surface area contributed by atoms with Crippen molar-refractivity contribution < 1.29 is 4.79 Å². The molecule has 0 spiro atoms. The molecule has 0 unspecified atom stereocenters. The number of carbonyl (C=O) groups is 1. The van der Waals surface area contributed by atoms with Crippen molar-refractivity contribution in [1.82, 2.24) is 14.5 Å². The Hall–Kier alpha value is -2.96. The third-order valence-corrected chi connectivity index (χ3v) is 6.80. The van der Waals surface area contributed by atoms with Gasteiger partial charge in [0.15, 0.2) is 0 Å². The lowest BCUT2D eigenvalue weighted by molar-refractivity contribution is -0.121. The van der Waals surface area contributed by atoms with Crippen LogP contribution in [0.5, 0.6) is 0 Å². The summed E-state index contributed by atoms with van der Waals surface area (Å²) in [5.41, 5.74) is 5.22. The summed E-state index contributed by atoms with van der Waals surface area (Å²) in [4.78, 5) is 20.3. The highest BCUT2D eigenvalue weighted by atomic mass is 79.9. The number of likely N-dealkylation sites (tertiary alicyclic amines) is 1. The zero-order valence-electron chi connectivity index (χ0n) is 18.7. The summed E-state index contributed by atoms with van der Waals surface area (Å²) in [6.07, 6.45) is 1.92. The SMILES string of the molecule is Cc1ccc(NC(=O)[C@@H]2CCCN(Cc3nc4ccccc4n3-c3ccc(Br)cc3)C2)cc1. The first-order valence-corrected chi connectivity index (χ1v) is 12.2. The minimum Gasteiger partial charge on any atom is -0.326 e. The second-order valence-corrected chi connectivity index (χ2v) is 9.67. The van der Waals surface area contributed by atoms with Gasteiger partial charge in [-0.15, -0.1) is 0 Å². The number of fused-ring (bicyclic) bond motifs is 1. The fourth-order valence-corrected chi connectivity index (χ4v) is 4.82. The van der Waals surface area contributed by atoms with Crippen LogP contribution in [0, 0.1) is 12.8 Å². The standard InChI is InChI=1S/C27H27BrN4O/c1-19-8-12-22(13-9-19)29-27(33)20-5-4-16-31(17-20)18-26-30-24-6-2-3-7-25(24)32(26)23-14-10-21(28)11-15-23/h2-3,6-15,20H,4-5,16-18H2,1H3,(H,29,33)/t20-/m1/s1. The van der Waals surface area contributed by atoms with Gasteiger partial charge in [-0.2, -0.15) is 0 Å². The minimum absolute atomic E-state index is 0.0226. The second-order valence-electron chi connectivity index (χ2n) is 8.76. The molecule has 1 N–H and O–H groups in total. The van der Waals surface area contributed by atoms with Crippen molar-refractivity contribution in [1.29, 1.82) is 0 Å². The first-order valence-electron chi connectivity index (χ1n) is 11.4. The van der Waals surface area contributed by atoms with Crippen molar-refractivity contribution >= 4 is 38.6 Å². The van der Waals surface area contributed by atoms with Crippen LogP contribution in [-0.4, -0.2) is 33.4 Å². The maximum absolute atomic E-state index is 12.9. The van der Waals surface area contributed by atoms with Crippen LogP contribution >= 0.6 is 15.9 Å². The molecule has 1 aliphatic heterocycles. The van der Waals surface area contributed by atoms with E-state index in [0.29, 0.717) is 6.54 Å². The third kappa shape index (κ3) is 4.87. The van der Waals surface area contributed by atoms with Gasteiger partial charge in [-0.3, -0.25) is 14.3 Å². The van der Waals surface area contributed by atoms with E-state index in [1.807, 2.05) is 37.3 Å². The number of imidazole rings is 1. The number of aromatic nitrogens is 2. The van der Waals surface area contributed by atoms with Crippen LogP contribution in [-0.2, 0) is 11.3 Å². The average molecular weight is 503 g/mol.